The van der Waals surface area contributed by atoms with Crippen LogP contribution in [0.2, 0.25) is 0 Å². The third kappa shape index (κ3) is 4.01. The highest BCUT2D eigenvalue weighted by atomic mass is 16.4. The molecule has 18 heavy (non-hydrogen) atoms. The van der Waals surface area contributed by atoms with Crippen molar-refractivity contribution >= 4 is 26.3 Å². The highest BCUT2D eigenvalue weighted by Gasteiger charge is 2.06. The van der Waals surface area contributed by atoms with E-state index in [-0.39, 0.29) is 0 Å². The van der Waals surface area contributed by atoms with Crippen molar-refractivity contribution in [2.45, 2.75) is 13.8 Å². The Balaban J connectivity index is 3.25. The van der Waals surface area contributed by atoms with Crippen LogP contribution < -0.4 is 0 Å². The highest BCUT2D eigenvalue weighted by molar-refractivity contribution is 5.99. The first-order chi connectivity index (χ1) is 8.83. The molecular formula is C13H16BN3O. The maximum Gasteiger partial charge on any atom is 0.322 e. The molecule has 92 valence electrons. The SMILES string of the molecule is BOC(/C=C\C)=C(/N=C\N=C\C)c1ccccn1. The lowest BCUT2D eigenvalue weighted by molar-refractivity contribution is 0.493. The summed E-state index contributed by atoms with van der Waals surface area (Å²) in [6.45, 7) is 3.75. The Morgan fingerprint density at radius 2 is 2.22 bits per heavy atom. The van der Waals surface area contributed by atoms with E-state index in [1.807, 2.05) is 44.2 Å². The van der Waals surface area contributed by atoms with Gasteiger partial charge in [-0.05, 0) is 32.1 Å². The van der Waals surface area contributed by atoms with Gasteiger partial charge in [0.2, 0.25) is 0 Å². The fraction of sp³-hybridized carbons (Fsp3) is 0.154. The molecule has 0 amide bonds. The fourth-order valence-corrected chi connectivity index (χ4v) is 1.31. The minimum atomic E-state index is 0.652. The zero-order chi connectivity index (χ0) is 13.2. The molecule has 1 aromatic heterocycles. The quantitative estimate of drug-likeness (QED) is 0.260. The summed E-state index contributed by atoms with van der Waals surface area (Å²) < 4.78 is 5.33. The molecule has 1 heterocycles. The van der Waals surface area contributed by atoms with Crippen molar-refractivity contribution in [3.63, 3.8) is 0 Å². The molecule has 0 radical (unpaired) electrons. The van der Waals surface area contributed by atoms with Crippen LogP contribution in [0.3, 0.4) is 0 Å². The van der Waals surface area contributed by atoms with Crippen LogP contribution in [-0.2, 0) is 4.65 Å². The first-order valence-corrected chi connectivity index (χ1v) is 5.66. The van der Waals surface area contributed by atoms with Crippen molar-refractivity contribution in [3.8, 4) is 0 Å². The number of allylic oxidation sites excluding steroid dienone is 2. The molecule has 0 unspecified atom stereocenters. The van der Waals surface area contributed by atoms with Crippen LogP contribution >= 0.6 is 0 Å². The Labute approximate surface area is 108 Å². The standard InChI is InChI=1S/C13H16BN3O/c1-3-7-12(18-14)13(17-10-15-4-2)11-8-5-6-9-16-11/h3-10H,14H2,1-2H3/b7-3-,13-12+,15-4+,17-10-. The fourth-order valence-electron chi connectivity index (χ4n) is 1.31. The molecule has 0 aliphatic carbocycles. The van der Waals surface area contributed by atoms with Gasteiger partial charge in [0.05, 0.1) is 5.69 Å². The van der Waals surface area contributed by atoms with Gasteiger partial charge in [-0.1, -0.05) is 12.1 Å². The molecule has 0 aromatic carbocycles. The largest absolute Gasteiger partial charge is 0.566 e. The van der Waals surface area contributed by atoms with E-state index >= 15 is 0 Å². The topological polar surface area (TPSA) is 46.8 Å². The van der Waals surface area contributed by atoms with Gasteiger partial charge in [0.15, 0.2) is 0 Å². The van der Waals surface area contributed by atoms with E-state index in [9.17, 15) is 0 Å². The summed E-state index contributed by atoms with van der Waals surface area (Å²) in [5.41, 5.74) is 1.40. The maximum absolute atomic E-state index is 5.33. The van der Waals surface area contributed by atoms with Gasteiger partial charge in [0.1, 0.15) is 17.8 Å². The Hall–Kier alpha value is -2.17. The summed E-state index contributed by atoms with van der Waals surface area (Å²) >= 11 is 0. The van der Waals surface area contributed by atoms with Crippen LogP contribution in [0.5, 0.6) is 0 Å². The lowest BCUT2D eigenvalue weighted by Crippen LogP contribution is -1.94. The molecule has 0 aliphatic heterocycles. The molecule has 0 saturated heterocycles. The highest BCUT2D eigenvalue weighted by Crippen LogP contribution is 2.19. The van der Waals surface area contributed by atoms with Gasteiger partial charge in [0, 0.05) is 12.4 Å². The van der Waals surface area contributed by atoms with Crippen LogP contribution in [0.1, 0.15) is 19.5 Å². The summed E-state index contributed by atoms with van der Waals surface area (Å²) in [4.78, 5) is 12.5. The first kappa shape index (κ1) is 13.9. The Morgan fingerprint density at radius 3 is 2.78 bits per heavy atom. The zero-order valence-corrected chi connectivity index (χ0v) is 10.9. The van der Waals surface area contributed by atoms with Crippen molar-refractivity contribution in [1.29, 1.82) is 0 Å². The van der Waals surface area contributed by atoms with Crippen LogP contribution in [0.15, 0.2) is 52.3 Å². The summed E-state index contributed by atoms with van der Waals surface area (Å²) in [5.74, 6) is 0.652. The summed E-state index contributed by atoms with van der Waals surface area (Å²) in [6, 6.07) is 5.64. The molecular weight excluding hydrogens is 225 g/mol. The third-order valence-electron chi connectivity index (χ3n) is 2.08. The first-order valence-electron chi connectivity index (χ1n) is 5.66. The van der Waals surface area contributed by atoms with Crippen molar-refractivity contribution in [2.75, 3.05) is 0 Å². The molecule has 0 N–H and O–H groups in total. The zero-order valence-electron chi connectivity index (χ0n) is 10.9. The van der Waals surface area contributed by atoms with E-state index in [0.717, 1.165) is 5.69 Å². The van der Waals surface area contributed by atoms with Crippen LogP contribution in [0.25, 0.3) is 5.70 Å². The van der Waals surface area contributed by atoms with E-state index in [1.165, 1.54) is 6.34 Å². The molecule has 0 bridgehead atoms. The molecule has 0 spiro atoms. The van der Waals surface area contributed by atoms with Gasteiger partial charge >= 0.3 is 8.05 Å². The number of hydrogen-bond acceptors (Lipinski definition) is 3. The molecule has 1 aromatic rings. The van der Waals surface area contributed by atoms with Crippen molar-refractivity contribution in [3.05, 3.63) is 48.0 Å². The average Bonchev–Trinajstić information content (AvgIpc) is 2.43. The van der Waals surface area contributed by atoms with E-state index in [0.29, 0.717) is 11.5 Å². The van der Waals surface area contributed by atoms with E-state index in [4.69, 9.17) is 4.65 Å². The average molecular weight is 241 g/mol. The summed E-state index contributed by atoms with van der Waals surface area (Å²) in [7, 11) is 1.61. The number of hydrogen-bond donors (Lipinski definition) is 0. The Morgan fingerprint density at radius 1 is 1.39 bits per heavy atom. The minimum Gasteiger partial charge on any atom is -0.566 e. The van der Waals surface area contributed by atoms with E-state index in [2.05, 4.69) is 15.0 Å². The lowest BCUT2D eigenvalue weighted by Gasteiger charge is -2.07. The van der Waals surface area contributed by atoms with Crippen LogP contribution in [-0.4, -0.2) is 25.6 Å². The second kappa shape index (κ2) is 8.00. The second-order valence-corrected chi connectivity index (χ2v) is 3.28. The molecule has 5 heteroatoms. The van der Waals surface area contributed by atoms with Crippen LogP contribution in [0, 0.1) is 0 Å². The number of aliphatic imine (C=N–C) groups is 2. The molecule has 0 aliphatic rings. The van der Waals surface area contributed by atoms with Gasteiger partial charge < -0.3 is 4.65 Å². The van der Waals surface area contributed by atoms with Crippen molar-refractivity contribution < 1.29 is 4.65 Å². The maximum atomic E-state index is 5.33. The van der Waals surface area contributed by atoms with E-state index in [1.54, 1.807) is 20.5 Å². The third-order valence-corrected chi connectivity index (χ3v) is 2.08. The summed E-state index contributed by atoms with van der Waals surface area (Å²) in [5, 5.41) is 0. The number of pyridine rings is 1. The monoisotopic (exact) mass is 241 g/mol. The van der Waals surface area contributed by atoms with Gasteiger partial charge in [-0.2, -0.15) is 0 Å². The second-order valence-electron chi connectivity index (χ2n) is 3.28. The lowest BCUT2D eigenvalue weighted by atomic mass is 10.2. The predicted molar refractivity (Wildman–Crippen MR) is 78.3 cm³/mol. The molecule has 1 rings (SSSR count). The predicted octanol–water partition coefficient (Wildman–Crippen LogP) is 2.01. The Bertz CT molecular complexity index is 478. The summed E-state index contributed by atoms with van der Waals surface area (Å²) in [6.07, 6.45) is 8.60. The molecule has 0 atom stereocenters. The normalized spacial score (nSPS) is 13.4. The number of nitrogens with zero attached hydrogens (tertiary/aromatic N) is 3. The molecule has 4 nitrogen and oxygen atoms in total. The van der Waals surface area contributed by atoms with Gasteiger partial charge in [-0.3, -0.25) is 4.98 Å². The van der Waals surface area contributed by atoms with Crippen LogP contribution in [0.4, 0.5) is 0 Å². The molecule has 0 fully saturated rings. The molecule has 0 saturated carbocycles. The van der Waals surface area contributed by atoms with E-state index < -0.39 is 0 Å². The Kier molecular flexibility index (Phi) is 6.18. The van der Waals surface area contributed by atoms with Gasteiger partial charge in [-0.15, -0.1) is 0 Å². The van der Waals surface area contributed by atoms with Gasteiger partial charge in [-0.25, -0.2) is 9.98 Å². The van der Waals surface area contributed by atoms with Crippen molar-refractivity contribution in [2.24, 2.45) is 9.98 Å². The number of rotatable bonds is 5. The minimum absolute atomic E-state index is 0.652. The smallest absolute Gasteiger partial charge is 0.322 e. The van der Waals surface area contributed by atoms with Gasteiger partial charge in [0.25, 0.3) is 0 Å². The number of aromatic nitrogens is 1. The van der Waals surface area contributed by atoms with Crippen molar-refractivity contribution in [1.82, 2.24) is 4.98 Å².